The van der Waals surface area contributed by atoms with Gasteiger partial charge in [-0.3, -0.25) is 14.5 Å². The Morgan fingerprint density at radius 1 is 1.06 bits per heavy atom. The molecule has 2 heterocycles. The number of carbonyl (C=O) groups excluding carboxylic acids is 2. The lowest BCUT2D eigenvalue weighted by Crippen LogP contribution is -2.27. The summed E-state index contributed by atoms with van der Waals surface area (Å²) < 4.78 is 17.3. The predicted molar refractivity (Wildman–Crippen MR) is 134 cm³/mol. The van der Waals surface area contributed by atoms with E-state index in [0.29, 0.717) is 39.3 Å². The quantitative estimate of drug-likeness (QED) is 0.316. The molecule has 3 aromatic rings. The minimum absolute atomic E-state index is 0.0490. The maximum Gasteiger partial charge on any atom is 0.293 e. The van der Waals surface area contributed by atoms with Crippen LogP contribution in [0.2, 0.25) is 5.02 Å². The summed E-state index contributed by atoms with van der Waals surface area (Å²) in [6.45, 7) is 0.610. The van der Waals surface area contributed by atoms with E-state index in [0.717, 1.165) is 27.4 Å². The monoisotopic (exact) mass is 557 g/mol. The Labute approximate surface area is 213 Å². The van der Waals surface area contributed by atoms with Gasteiger partial charge in [-0.15, -0.1) is 0 Å². The zero-order chi connectivity index (χ0) is 23.7. The zero-order valence-corrected chi connectivity index (χ0v) is 20.8. The van der Waals surface area contributed by atoms with E-state index < -0.39 is 0 Å². The van der Waals surface area contributed by atoms with Crippen LogP contribution < -0.4 is 14.2 Å². The Morgan fingerprint density at radius 2 is 1.82 bits per heavy atom. The number of amides is 2. The second-order valence-corrected chi connectivity index (χ2v) is 9.78. The lowest BCUT2D eigenvalue weighted by atomic mass is 10.1. The highest BCUT2D eigenvalue weighted by Crippen LogP contribution is 2.39. The van der Waals surface area contributed by atoms with Crippen LogP contribution >= 0.6 is 39.3 Å². The number of hydrogen-bond donors (Lipinski definition) is 0. The number of ether oxygens (including phenoxy) is 3. The molecule has 0 N–H and O–H groups in total. The number of fused-ring (bicyclic) bond motifs is 1. The molecule has 1 saturated heterocycles. The van der Waals surface area contributed by atoms with E-state index in [9.17, 15) is 9.59 Å². The Bertz CT molecular complexity index is 1310. The van der Waals surface area contributed by atoms with Crippen LogP contribution in [0.1, 0.15) is 16.7 Å². The first kappa shape index (κ1) is 22.8. The van der Waals surface area contributed by atoms with Crippen molar-refractivity contribution in [3.8, 4) is 17.2 Å². The Hall–Kier alpha value is -2.94. The molecule has 2 amide bonds. The highest BCUT2D eigenvalue weighted by Gasteiger charge is 2.35. The Balaban J connectivity index is 1.29. The van der Waals surface area contributed by atoms with E-state index in [4.69, 9.17) is 25.8 Å². The third-order valence-electron chi connectivity index (χ3n) is 5.23. The molecule has 0 unspecified atom stereocenters. The van der Waals surface area contributed by atoms with Crippen molar-refractivity contribution in [2.24, 2.45) is 0 Å². The van der Waals surface area contributed by atoms with E-state index in [1.165, 1.54) is 4.90 Å². The van der Waals surface area contributed by atoms with Crippen LogP contribution in [-0.2, 0) is 17.9 Å². The highest BCUT2D eigenvalue weighted by atomic mass is 79.9. The van der Waals surface area contributed by atoms with E-state index in [1.54, 1.807) is 18.2 Å². The molecule has 9 heteroatoms. The summed E-state index contributed by atoms with van der Waals surface area (Å²) in [5.41, 5.74) is 2.44. The smallest absolute Gasteiger partial charge is 0.293 e. The zero-order valence-electron chi connectivity index (χ0n) is 17.6. The average molecular weight is 559 g/mol. The summed E-state index contributed by atoms with van der Waals surface area (Å²) in [7, 11) is 0. The predicted octanol–water partition coefficient (Wildman–Crippen LogP) is 6.65. The highest BCUT2D eigenvalue weighted by molar-refractivity contribution is 9.10. The van der Waals surface area contributed by atoms with E-state index in [1.807, 2.05) is 48.5 Å². The van der Waals surface area contributed by atoms with Crippen molar-refractivity contribution in [3.63, 3.8) is 0 Å². The molecule has 34 heavy (non-hydrogen) atoms. The van der Waals surface area contributed by atoms with E-state index in [2.05, 4.69) is 15.9 Å². The molecule has 0 saturated carbocycles. The Kier molecular flexibility index (Phi) is 6.54. The van der Waals surface area contributed by atoms with Gasteiger partial charge in [-0.05, 0) is 68.7 Å². The minimum atomic E-state index is -0.371. The largest absolute Gasteiger partial charge is 0.488 e. The van der Waals surface area contributed by atoms with Gasteiger partial charge in [0, 0.05) is 11.1 Å². The van der Waals surface area contributed by atoms with Gasteiger partial charge in [-0.25, -0.2) is 0 Å². The van der Waals surface area contributed by atoms with E-state index in [-0.39, 0.29) is 24.5 Å². The molecule has 172 valence electrons. The van der Waals surface area contributed by atoms with Gasteiger partial charge in [0.1, 0.15) is 12.4 Å². The number of rotatable bonds is 6. The molecule has 1 fully saturated rings. The summed E-state index contributed by atoms with van der Waals surface area (Å²) >= 11 is 10.7. The average Bonchev–Trinajstić information content (AvgIpc) is 3.38. The van der Waals surface area contributed by atoms with Crippen molar-refractivity contribution in [3.05, 3.63) is 91.8 Å². The molecule has 2 aliphatic rings. The fraction of sp³-hybridized carbons (Fsp3) is 0.120. The molecule has 0 radical (unpaired) electrons. The van der Waals surface area contributed by atoms with Crippen LogP contribution in [0.5, 0.6) is 17.2 Å². The molecule has 0 bridgehead atoms. The second-order valence-electron chi connectivity index (χ2n) is 7.53. The van der Waals surface area contributed by atoms with Crippen molar-refractivity contribution in [2.75, 3.05) is 6.79 Å². The SMILES string of the molecule is O=C1S/C(=C\c2ccc(OCc3ccccc3)c(Br)c2)C(=O)N1Cc1cc2c(cc1Cl)OCO2. The third kappa shape index (κ3) is 4.80. The van der Waals surface area contributed by atoms with Crippen LogP contribution in [0.4, 0.5) is 4.79 Å². The molecule has 0 aliphatic carbocycles. The molecule has 5 rings (SSSR count). The normalized spacial score (nSPS) is 15.9. The van der Waals surface area contributed by atoms with Crippen molar-refractivity contribution >= 4 is 56.5 Å². The summed E-state index contributed by atoms with van der Waals surface area (Å²) in [5, 5.41) is 0.0502. The van der Waals surface area contributed by atoms with Gasteiger partial charge >= 0.3 is 0 Å². The van der Waals surface area contributed by atoms with Crippen LogP contribution in [0, 0.1) is 0 Å². The number of benzene rings is 3. The Morgan fingerprint density at radius 3 is 2.59 bits per heavy atom. The van der Waals surface area contributed by atoms with E-state index >= 15 is 0 Å². The van der Waals surface area contributed by atoms with Gasteiger partial charge in [0.2, 0.25) is 6.79 Å². The number of carbonyl (C=O) groups is 2. The van der Waals surface area contributed by atoms with Crippen LogP contribution in [0.3, 0.4) is 0 Å². The summed E-state index contributed by atoms with van der Waals surface area (Å²) in [5.74, 6) is 1.40. The summed E-state index contributed by atoms with van der Waals surface area (Å²) in [6.07, 6.45) is 1.69. The minimum Gasteiger partial charge on any atom is -0.488 e. The number of nitrogens with zero attached hydrogens (tertiary/aromatic N) is 1. The molecule has 3 aromatic carbocycles. The van der Waals surface area contributed by atoms with Crippen LogP contribution in [-0.4, -0.2) is 22.8 Å². The third-order valence-corrected chi connectivity index (χ3v) is 7.11. The molecule has 0 spiro atoms. The number of hydrogen-bond acceptors (Lipinski definition) is 6. The standard InChI is InChI=1S/C25H17BrClNO5S/c26-18-8-16(6-7-20(18)31-13-15-4-2-1-3-5-15)9-23-24(29)28(25(30)34-23)12-17-10-21-22(11-19(17)27)33-14-32-21/h1-11H,12-14H2/b23-9-. The maximum atomic E-state index is 13.0. The van der Waals surface area contributed by atoms with Crippen molar-refractivity contribution < 1.29 is 23.8 Å². The first-order valence-electron chi connectivity index (χ1n) is 10.3. The van der Waals surface area contributed by atoms with Gasteiger partial charge < -0.3 is 14.2 Å². The van der Waals surface area contributed by atoms with Gasteiger partial charge in [-0.1, -0.05) is 48.0 Å². The number of imide groups is 1. The van der Waals surface area contributed by atoms with Crippen molar-refractivity contribution in [2.45, 2.75) is 13.2 Å². The first-order chi connectivity index (χ1) is 16.5. The first-order valence-corrected chi connectivity index (χ1v) is 12.3. The topological polar surface area (TPSA) is 65.1 Å². The molecule has 0 atom stereocenters. The van der Waals surface area contributed by atoms with Crippen LogP contribution in [0.25, 0.3) is 6.08 Å². The lowest BCUT2D eigenvalue weighted by Gasteiger charge is -2.14. The summed E-state index contributed by atoms with van der Waals surface area (Å²) in [6, 6.07) is 18.7. The molecular weight excluding hydrogens is 542 g/mol. The van der Waals surface area contributed by atoms with Crippen LogP contribution in [0.15, 0.2) is 70.0 Å². The second kappa shape index (κ2) is 9.74. The van der Waals surface area contributed by atoms with Gasteiger partial charge in [0.15, 0.2) is 11.5 Å². The van der Waals surface area contributed by atoms with Gasteiger partial charge in [-0.2, -0.15) is 0 Å². The molecule has 2 aliphatic heterocycles. The molecule has 6 nitrogen and oxygen atoms in total. The van der Waals surface area contributed by atoms with Crippen molar-refractivity contribution in [1.82, 2.24) is 4.90 Å². The van der Waals surface area contributed by atoms with Gasteiger partial charge in [0.25, 0.3) is 11.1 Å². The fourth-order valence-electron chi connectivity index (χ4n) is 3.50. The number of halogens is 2. The van der Waals surface area contributed by atoms with Gasteiger partial charge in [0.05, 0.1) is 15.9 Å². The lowest BCUT2D eigenvalue weighted by molar-refractivity contribution is -0.123. The molecular formula is C25H17BrClNO5S. The summed E-state index contributed by atoms with van der Waals surface area (Å²) in [4.78, 5) is 27.0. The fourth-order valence-corrected chi connectivity index (χ4v) is 5.06. The maximum absolute atomic E-state index is 13.0. The van der Waals surface area contributed by atoms with Crippen molar-refractivity contribution in [1.29, 1.82) is 0 Å². The molecule has 0 aromatic heterocycles. The number of thioether (sulfide) groups is 1.